The quantitative estimate of drug-likeness (QED) is 0.633. The zero-order chi connectivity index (χ0) is 9.10. The van der Waals surface area contributed by atoms with Gasteiger partial charge in [-0.15, -0.1) is 4.36 Å². The monoisotopic (exact) mass is 189 g/mol. The van der Waals surface area contributed by atoms with Crippen molar-refractivity contribution in [3.05, 3.63) is 36.0 Å². The van der Waals surface area contributed by atoms with Gasteiger partial charge in [0.25, 0.3) is 0 Å². The second kappa shape index (κ2) is 3.42. The highest BCUT2D eigenvalue weighted by Gasteiger charge is 2.07. The van der Waals surface area contributed by atoms with Gasteiger partial charge in [0.05, 0.1) is 0 Å². The summed E-state index contributed by atoms with van der Waals surface area (Å²) in [5, 5.41) is 8.47. The van der Waals surface area contributed by atoms with Crippen molar-refractivity contribution in [1.29, 1.82) is 5.26 Å². The van der Waals surface area contributed by atoms with Crippen molar-refractivity contribution in [2.45, 2.75) is 4.90 Å². The van der Waals surface area contributed by atoms with Crippen LogP contribution < -0.4 is 4.72 Å². The van der Waals surface area contributed by atoms with E-state index in [1.807, 2.05) is 42.7 Å². The molecule has 1 aromatic rings. The zero-order valence-electron chi connectivity index (χ0n) is 6.77. The highest BCUT2D eigenvalue weighted by Crippen LogP contribution is 2.18. The summed E-state index contributed by atoms with van der Waals surface area (Å²) in [5.74, 6) is 0. The molecule has 64 valence electrons. The van der Waals surface area contributed by atoms with Crippen LogP contribution >= 0.6 is 0 Å². The van der Waals surface area contributed by atoms with Crippen molar-refractivity contribution in [3.63, 3.8) is 0 Å². The molecule has 2 rings (SSSR count). The van der Waals surface area contributed by atoms with Crippen molar-refractivity contribution < 1.29 is 0 Å². The Bertz CT molecular complexity index is 429. The molecule has 3 nitrogen and oxygen atoms in total. The number of hydrogen-bond donors (Lipinski definition) is 1. The number of nitrogens with zero attached hydrogens (tertiary/aromatic N) is 2. The predicted octanol–water partition coefficient (Wildman–Crippen LogP) is 1.82. The van der Waals surface area contributed by atoms with Crippen molar-refractivity contribution >= 4 is 17.0 Å². The molecular weight excluding hydrogens is 182 g/mol. The van der Waals surface area contributed by atoms with Gasteiger partial charge in [0.2, 0.25) is 6.19 Å². The van der Waals surface area contributed by atoms with Gasteiger partial charge in [-0.3, -0.25) is 0 Å². The second-order valence-corrected chi connectivity index (χ2v) is 3.89. The molecule has 0 aromatic heterocycles. The van der Waals surface area contributed by atoms with E-state index in [0.29, 0.717) is 0 Å². The summed E-state index contributed by atoms with van der Waals surface area (Å²) >= 11 is 0. The number of nitriles is 1. The average molecular weight is 189 g/mol. The second-order valence-electron chi connectivity index (χ2n) is 2.46. The fraction of sp³-hybridized carbons (Fsp3) is 0. The van der Waals surface area contributed by atoms with E-state index in [-0.39, 0.29) is 0 Å². The first-order chi connectivity index (χ1) is 6.42. The predicted molar refractivity (Wildman–Crippen MR) is 52.3 cm³/mol. The minimum Gasteiger partial charge on any atom is -0.324 e. The highest BCUT2D eigenvalue weighted by atomic mass is 32.2. The molecular formula is C9H7N3S. The molecule has 0 aliphatic carbocycles. The van der Waals surface area contributed by atoms with Crippen LogP contribution in [0.2, 0.25) is 0 Å². The van der Waals surface area contributed by atoms with Gasteiger partial charge in [0.1, 0.15) is 0 Å². The van der Waals surface area contributed by atoms with Gasteiger partial charge in [0, 0.05) is 22.0 Å². The zero-order valence-corrected chi connectivity index (χ0v) is 7.58. The Balaban J connectivity index is 2.57. The van der Waals surface area contributed by atoms with Crippen molar-refractivity contribution in [2.24, 2.45) is 4.36 Å². The van der Waals surface area contributed by atoms with Crippen molar-refractivity contribution in [2.75, 3.05) is 0 Å². The van der Waals surface area contributed by atoms with Crippen LogP contribution in [-0.2, 0) is 10.9 Å². The summed E-state index contributed by atoms with van der Waals surface area (Å²) in [7, 11) is -0.493. The van der Waals surface area contributed by atoms with E-state index in [1.54, 1.807) is 0 Å². The lowest BCUT2D eigenvalue weighted by Gasteiger charge is -2.13. The van der Waals surface area contributed by atoms with E-state index < -0.39 is 10.9 Å². The van der Waals surface area contributed by atoms with E-state index in [1.165, 1.54) is 0 Å². The molecule has 1 N–H and O–H groups in total. The van der Waals surface area contributed by atoms with Gasteiger partial charge in [-0.2, -0.15) is 5.26 Å². The third kappa shape index (κ3) is 1.46. The third-order valence-electron chi connectivity index (χ3n) is 1.70. The van der Waals surface area contributed by atoms with E-state index >= 15 is 0 Å². The maximum Gasteiger partial charge on any atom is 0.214 e. The topological polar surface area (TPSA) is 48.2 Å². The summed E-state index contributed by atoms with van der Waals surface area (Å²) < 4.78 is 6.83. The summed E-state index contributed by atoms with van der Waals surface area (Å²) in [5.41, 5.74) is 1.13. The molecule has 0 saturated heterocycles. The number of hydrogen-bond acceptors (Lipinski definition) is 2. The Labute approximate surface area is 78.9 Å². The van der Waals surface area contributed by atoms with E-state index in [2.05, 4.69) is 9.08 Å². The first kappa shape index (κ1) is 8.02. The maximum atomic E-state index is 8.47. The standard InChI is InChI=1S/C9H7N3S/c10-7-12-13-9-4-2-1-3-8(9)5-6-11-13/h1-6H,(H,11,12). The molecule has 0 radical (unpaired) electrons. The van der Waals surface area contributed by atoms with Gasteiger partial charge < -0.3 is 4.72 Å². The molecule has 0 spiro atoms. The Hall–Kier alpha value is -1.60. The SMILES string of the molecule is N#CN=S1NC=Cc2ccccc21. The minimum atomic E-state index is -0.493. The van der Waals surface area contributed by atoms with Crippen LogP contribution in [0.3, 0.4) is 0 Å². The molecule has 1 aliphatic rings. The van der Waals surface area contributed by atoms with Gasteiger partial charge in [-0.05, 0) is 17.7 Å². The minimum absolute atomic E-state index is 0.493. The lowest BCUT2D eigenvalue weighted by molar-refractivity contribution is 1.28. The Kier molecular flexibility index (Phi) is 2.11. The largest absolute Gasteiger partial charge is 0.324 e. The van der Waals surface area contributed by atoms with Gasteiger partial charge in [0.15, 0.2) is 0 Å². The summed E-state index contributed by atoms with van der Waals surface area (Å²) in [6.07, 6.45) is 5.62. The molecule has 0 bridgehead atoms. The Morgan fingerprint density at radius 2 is 2.23 bits per heavy atom. The maximum absolute atomic E-state index is 8.47. The van der Waals surface area contributed by atoms with Crippen LogP contribution in [0.4, 0.5) is 0 Å². The third-order valence-corrected chi connectivity index (χ3v) is 3.11. The number of benzene rings is 1. The van der Waals surface area contributed by atoms with Crippen LogP contribution in [0.5, 0.6) is 0 Å². The normalized spacial score (nSPS) is 18.8. The molecule has 13 heavy (non-hydrogen) atoms. The number of fused-ring (bicyclic) bond motifs is 1. The van der Waals surface area contributed by atoms with Gasteiger partial charge >= 0.3 is 0 Å². The highest BCUT2D eigenvalue weighted by molar-refractivity contribution is 7.85. The summed E-state index contributed by atoms with van der Waals surface area (Å²) in [6.45, 7) is 0. The summed E-state index contributed by atoms with van der Waals surface area (Å²) in [6, 6.07) is 7.92. The van der Waals surface area contributed by atoms with Gasteiger partial charge in [-0.1, -0.05) is 18.2 Å². The first-order valence-electron chi connectivity index (χ1n) is 3.78. The molecule has 1 aromatic carbocycles. The fourth-order valence-electron chi connectivity index (χ4n) is 1.16. The lowest BCUT2D eigenvalue weighted by Crippen LogP contribution is -2.13. The van der Waals surface area contributed by atoms with Gasteiger partial charge in [-0.25, -0.2) is 0 Å². The average Bonchev–Trinajstić information content (AvgIpc) is 2.19. The molecule has 0 saturated carbocycles. The number of nitrogens with one attached hydrogen (secondary N) is 1. The van der Waals surface area contributed by atoms with Crippen LogP contribution in [0.15, 0.2) is 39.7 Å². The van der Waals surface area contributed by atoms with Crippen molar-refractivity contribution in [1.82, 2.24) is 4.72 Å². The smallest absolute Gasteiger partial charge is 0.214 e. The molecule has 1 aliphatic heterocycles. The Morgan fingerprint density at radius 3 is 3.08 bits per heavy atom. The molecule has 0 amide bonds. The van der Waals surface area contributed by atoms with Crippen LogP contribution in [0.1, 0.15) is 5.56 Å². The molecule has 1 unspecified atom stereocenters. The first-order valence-corrected chi connectivity index (χ1v) is 4.96. The van der Waals surface area contributed by atoms with E-state index in [9.17, 15) is 0 Å². The molecule has 1 heterocycles. The van der Waals surface area contributed by atoms with Crippen LogP contribution in [-0.4, -0.2) is 0 Å². The van der Waals surface area contributed by atoms with E-state index in [4.69, 9.17) is 5.26 Å². The molecule has 0 fully saturated rings. The van der Waals surface area contributed by atoms with E-state index in [0.717, 1.165) is 10.5 Å². The van der Waals surface area contributed by atoms with Crippen molar-refractivity contribution in [3.8, 4) is 6.19 Å². The fourth-order valence-corrected chi connectivity index (χ4v) is 2.29. The molecule has 4 heteroatoms. The number of rotatable bonds is 0. The summed E-state index contributed by atoms with van der Waals surface area (Å²) in [4.78, 5) is 1.08. The lowest BCUT2D eigenvalue weighted by atomic mass is 10.2. The molecule has 1 atom stereocenters. The van der Waals surface area contributed by atoms with Crippen LogP contribution in [0.25, 0.3) is 6.08 Å². The Morgan fingerprint density at radius 1 is 1.38 bits per heavy atom. The van der Waals surface area contributed by atoms with Crippen LogP contribution in [0, 0.1) is 11.5 Å².